The van der Waals surface area contributed by atoms with Gasteiger partial charge in [0.2, 0.25) is 11.8 Å². The van der Waals surface area contributed by atoms with Gasteiger partial charge in [0.25, 0.3) is 5.22 Å². The topological polar surface area (TPSA) is 106 Å². The SMILES string of the molecule is CCc1ccccc1NC(=O)CSc1nnc(CCCCNC(=O)OC(C)(C)C)o1. The number of alkyl carbamates (subject to hydrolysis) is 1. The van der Waals surface area contributed by atoms with E-state index in [1.807, 2.05) is 52.0 Å². The van der Waals surface area contributed by atoms with Crippen molar-refractivity contribution in [2.45, 2.75) is 64.2 Å². The fourth-order valence-electron chi connectivity index (χ4n) is 2.57. The monoisotopic (exact) mass is 434 g/mol. The average Bonchev–Trinajstić information content (AvgIpc) is 3.13. The summed E-state index contributed by atoms with van der Waals surface area (Å²) in [5, 5.41) is 14.0. The number of aryl methyl sites for hydroxylation is 2. The number of anilines is 1. The molecular weight excluding hydrogens is 404 g/mol. The number of para-hydroxylation sites is 1. The Hall–Kier alpha value is -2.55. The van der Waals surface area contributed by atoms with Crippen molar-refractivity contribution in [2.75, 3.05) is 17.6 Å². The number of ether oxygens (including phenoxy) is 1. The lowest BCUT2D eigenvalue weighted by Crippen LogP contribution is -2.33. The number of unbranched alkanes of at least 4 members (excludes halogenated alkanes) is 1. The van der Waals surface area contributed by atoms with Crippen molar-refractivity contribution in [3.05, 3.63) is 35.7 Å². The lowest BCUT2D eigenvalue weighted by Gasteiger charge is -2.19. The predicted molar refractivity (Wildman–Crippen MR) is 117 cm³/mol. The second-order valence-corrected chi connectivity index (χ2v) is 8.62. The molecule has 0 saturated heterocycles. The van der Waals surface area contributed by atoms with Crippen molar-refractivity contribution >= 4 is 29.4 Å². The van der Waals surface area contributed by atoms with Crippen LogP contribution < -0.4 is 10.6 Å². The smallest absolute Gasteiger partial charge is 0.407 e. The number of benzene rings is 1. The second-order valence-electron chi connectivity index (χ2n) is 7.70. The number of carbonyl (C=O) groups is 2. The third-order valence-electron chi connectivity index (χ3n) is 3.93. The van der Waals surface area contributed by atoms with Gasteiger partial charge >= 0.3 is 6.09 Å². The van der Waals surface area contributed by atoms with E-state index >= 15 is 0 Å². The lowest BCUT2D eigenvalue weighted by molar-refractivity contribution is -0.113. The van der Waals surface area contributed by atoms with Crippen molar-refractivity contribution in [3.63, 3.8) is 0 Å². The molecular formula is C21H30N4O4S. The van der Waals surface area contributed by atoms with Crippen LogP contribution in [0.15, 0.2) is 33.9 Å². The molecule has 9 heteroatoms. The van der Waals surface area contributed by atoms with Gasteiger partial charge in [0, 0.05) is 18.7 Å². The highest BCUT2D eigenvalue weighted by atomic mass is 32.2. The number of thioether (sulfide) groups is 1. The molecule has 2 N–H and O–H groups in total. The Balaban J connectivity index is 1.65. The van der Waals surface area contributed by atoms with Crippen LogP contribution in [0.2, 0.25) is 0 Å². The largest absolute Gasteiger partial charge is 0.444 e. The Labute approximate surface area is 181 Å². The van der Waals surface area contributed by atoms with Crippen LogP contribution in [0, 0.1) is 0 Å². The molecule has 0 aliphatic rings. The van der Waals surface area contributed by atoms with E-state index in [0.29, 0.717) is 24.1 Å². The van der Waals surface area contributed by atoms with Crippen molar-refractivity contribution in [3.8, 4) is 0 Å². The molecule has 8 nitrogen and oxygen atoms in total. The van der Waals surface area contributed by atoms with Gasteiger partial charge in [-0.15, -0.1) is 10.2 Å². The number of nitrogens with zero attached hydrogens (tertiary/aromatic N) is 2. The van der Waals surface area contributed by atoms with Crippen molar-refractivity contribution in [2.24, 2.45) is 0 Å². The number of rotatable bonds is 10. The summed E-state index contributed by atoms with van der Waals surface area (Å²) in [7, 11) is 0. The summed E-state index contributed by atoms with van der Waals surface area (Å²) in [6, 6.07) is 7.74. The lowest BCUT2D eigenvalue weighted by atomic mass is 10.1. The maximum absolute atomic E-state index is 12.2. The predicted octanol–water partition coefficient (Wildman–Crippen LogP) is 4.21. The minimum absolute atomic E-state index is 0.117. The maximum atomic E-state index is 12.2. The quantitative estimate of drug-likeness (QED) is 0.426. The van der Waals surface area contributed by atoms with E-state index in [-0.39, 0.29) is 11.7 Å². The van der Waals surface area contributed by atoms with Crippen LogP contribution >= 0.6 is 11.8 Å². The molecule has 0 aliphatic carbocycles. The fraction of sp³-hybridized carbons (Fsp3) is 0.524. The molecule has 164 valence electrons. The first-order valence-corrected chi connectivity index (χ1v) is 11.0. The molecule has 0 atom stereocenters. The van der Waals surface area contributed by atoms with Crippen LogP contribution in [-0.4, -0.2) is 40.1 Å². The summed E-state index contributed by atoms with van der Waals surface area (Å²) < 4.78 is 10.7. The molecule has 1 heterocycles. The molecule has 2 rings (SSSR count). The molecule has 1 aromatic heterocycles. The minimum atomic E-state index is -0.502. The van der Waals surface area contributed by atoms with Crippen molar-refractivity contribution in [1.29, 1.82) is 0 Å². The van der Waals surface area contributed by atoms with Crippen LogP contribution in [0.1, 0.15) is 52.0 Å². The number of hydrogen-bond acceptors (Lipinski definition) is 7. The Bertz CT molecular complexity index is 832. The first kappa shape index (κ1) is 23.7. The molecule has 0 aliphatic heterocycles. The summed E-state index contributed by atoms with van der Waals surface area (Å²) in [4.78, 5) is 23.7. The Morgan fingerprint density at radius 3 is 2.67 bits per heavy atom. The number of nitrogens with one attached hydrogen (secondary N) is 2. The third kappa shape index (κ3) is 8.86. The number of aromatic nitrogens is 2. The normalized spacial score (nSPS) is 11.2. The zero-order valence-corrected chi connectivity index (χ0v) is 18.8. The van der Waals surface area contributed by atoms with Gasteiger partial charge in [-0.3, -0.25) is 4.79 Å². The molecule has 2 amide bonds. The summed E-state index contributed by atoms with van der Waals surface area (Å²) >= 11 is 1.21. The van der Waals surface area contributed by atoms with Crippen LogP contribution in [0.3, 0.4) is 0 Å². The van der Waals surface area contributed by atoms with Crippen LogP contribution in [0.5, 0.6) is 0 Å². The van der Waals surface area contributed by atoms with Gasteiger partial charge in [-0.25, -0.2) is 4.79 Å². The number of carbonyl (C=O) groups excluding carboxylic acids is 2. The second kappa shape index (κ2) is 11.6. The molecule has 0 saturated carbocycles. The molecule has 0 fully saturated rings. The van der Waals surface area contributed by atoms with Crippen molar-refractivity contribution in [1.82, 2.24) is 15.5 Å². The van der Waals surface area contributed by atoms with Gasteiger partial charge in [-0.05, 0) is 51.7 Å². The highest BCUT2D eigenvalue weighted by Crippen LogP contribution is 2.19. The first-order chi connectivity index (χ1) is 14.3. The Kier molecular flexibility index (Phi) is 9.16. The van der Waals surface area contributed by atoms with Gasteiger partial charge in [0.05, 0.1) is 5.75 Å². The summed E-state index contributed by atoms with van der Waals surface area (Å²) in [5.41, 5.74) is 1.42. The molecule has 1 aromatic carbocycles. The Morgan fingerprint density at radius 1 is 1.17 bits per heavy atom. The number of amides is 2. The Morgan fingerprint density at radius 2 is 1.93 bits per heavy atom. The van der Waals surface area contributed by atoms with Crippen LogP contribution in [0.25, 0.3) is 0 Å². The zero-order chi connectivity index (χ0) is 22.0. The zero-order valence-electron chi connectivity index (χ0n) is 18.0. The molecule has 0 spiro atoms. The molecule has 30 heavy (non-hydrogen) atoms. The van der Waals surface area contributed by atoms with E-state index in [1.54, 1.807) is 0 Å². The summed E-state index contributed by atoms with van der Waals surface area (Å²) in [6.07, 6.45) is 2.60. The highest BCUT2D eigenvalue weighted by molar-refractivity contribution is 7.99. The minimum Gasteiger partial charge on any atom is -0.444 e. The van der Waals surface area contributed by atoms with E-state index < -0.39 is 11.7 Å². The van der Waals surface area contributed by atoms with E-state index in [0.717, 1.165) is 30.5 Å². The first-order valence-electron chi connectivity index (χ1n) is 10.1. The van der Waals surface area contributed by atoms with E-state index in [2.05, 4.69) is 20.8 Å². The maximum Gasteiger partial charge on any atom is 0.407 e. The summed E-state index contributed by atoms with van der Waals surface area (Å²) in [6.45, 7) is 8.04. The van der Waals surface area contributed by atoms with Gasteiger partial charge in [0.1, 0.15) is 5.60 Å². The molecule has 2 aromatic rings. The van der Waals surface area contributed by atoms with Gasteiger partial charge in [0.15, 0.2) is 0 Å². The van der Waals surface area contributed by atoms with Gasteiger partial charge < -0.3 is 19.8 Å². The third-order valence-corrected chi connectivity index (χ3v) is 4.75. The van der Waals surface area contributed by atoms with E-state index in [9.17, 15) is 9.59 Å². The van der Waals surface area contributed by atoms with Gasteiger partial charge in [-0.1, -0.05) is 36.9 Å². The van der Waals surface area contributed by atoms with Crippen molar-refractivity contribution < 1.29 is 18.7 Å². The molecule has 0 radical (unpaired) electrons. The number of hydrogen-bond donors (Lipinski definition) is 2. The average molecular weight is 435 g/mol. The van der Waals surface area contributed by atoms with Crippen LogP contribution in [-0.2, 0) is 22.4 Å². The van der Waals surface area contributed by atoms with E-state index in [4.69, 9.17) is 9.15 Å². The highest BCUT2D eigenvalue weighted by Gasteiger charge is 2.15. The molecule has 0 unspecified atom stereocenters. The van der Waals surface area contributed by atoms with E-state index in [1.165, 1.54) is 11.8 Å². The van der Waals surface area contributed by atoms with Crippen LogP contribution in [0.4, 0.5) is 10.5 Å². The van der Waals surface area contributed by atoms with Gasteiger partial charge in [-0.2, -0.15) is 0 Å². The summed E-state index contributed by atoms with van der Waals surface area (Å²) in [5.74, 6) is 0.597. The fourth-order valence-corrected chi connectivity index (χ4v) is 3.15. The molecule has 0 bridgehead atoms. The standard InChI is InChI=1S/C21H30N4O4S/c1-5-15-10-6-7-11-16(15)23-17(26)14-30-20-25-24-18(28-20)12-8-9-13-22-19(27)29-21(2,3)4/h6-7,10-11H,5,8-9,12-14H2,1-4H3,(H,22,27)(H,23,26).